The van der Waals surface area contributed by atoms with E-state index in [0.717, 1.165) is 17.7 Å². The van der Waals surface area contributed by atoms with E-state index in [2.05, 4.69) is 10.1 Å². The molecular weight excluding hydrogens is 320 g/mol. The van der Waals surface area contributed by atoms with Crippen LogP contribution in [0.2, 0.25) is 0 Å². The van der Waals surface area contributed by atoms with E-state index in [1.54, 1.807) is 12.1 Å². The maximum atomic E-state index is 14.0. The lowest BCUT2D eigenvalue weighted by Crippen LogP contribution is -2.16. The van der Waals surface area contributed by atoms with Gasteiger partial charge in [0.2, 0.25) is 5.82 Å². The number of halogens is 2. The summed E-state index contributed by atoms with van der Waals surface area (Å²) < 4.78 is 37.6. The van der Waals surface area contributed by atoms with Gasteiger partial charge in [-0.15, -0.1) is 0 Å². The van der Waals surface area contributed by atoms with Crippen LogP contribution < -0.4 is 10.5 Å². The normalized spacial score (nSPS) is 10.6. The number of benzene rings is 2. The van der Waals surface area contributed by atoms with Gasteiger partial charge in [0.25, 0.3) is 11.8 Å². The van der Waals surface area contributed by atoms with Crippen LogP contribution in [0.15, 0.2) is 47.0 Å². The van der Waals surface area contributed by atoms with Crippen LogP contribution in [0.1, 0.15) is 16.2 Å². The summed E-state index contributed by atoms with van der Waals surface area (Å²) in [7, 11) is 0. The van der Waals surface area contributed by atoms with Crippen LogP contribution in [0.4, 0.5) is 8.78 Å². The second kappa shape index (κ2) is 6.45. The van der Waals surface area contributed by atoms with Gasteiger partial charge in [-0.1, -0.05) is 35.5 Å². The summed E-state index contributed by atoms with van der Waals surface area (Å²) in [6, 6.07) is 11.0. The summed E-state index contributed by atoms with van der Waals surface area (Å²) in [4.78, 5) is 15.2. The van der Waals surface area contributed by atoms with Gasteiger partial charge in [-0.3, -0.25) is 4.79 Å². The van der Waals surface area contributed by atoms with E-state index in [4.69, 9.17) is 15.0 Å². The average Bonchev–Trinajstić information content (AvgIpc) is 3.04. The molecule has 3 rings (SSSR count). The highest BCUT2D eigenvalue weighted by Gasteiger charge is 2.20. The molecule has 24 heavy (non-hydrogen) atoms. The second-order valence-electron chi connectivity index (χ2n) is 4.77. The summed E-state index contributed by atoms with van der Waals surface area (Å²) >= 11 is 0. The van der Waals surface area contributed by atoms with Crippen LogP contribution >= 0.6 is 0 Å². The van der Waals surface area contributed by atoms with Crippen molar-refractivity contribution in [2.45, 2.75) is 6.61 Å². The molecule has 2 aromatic carbocycles. The van der Waals surface area contributed by atoms with Crippen LogP contribution in [0.5, 0.6) is 5.75 Å². The largest absolute Gasteiger partial charge is 0.481 e. The first-order chi connectivity index (χ1) is 11.6. The molecule has 0 aliphatic heterocycles. The smallest absolute Gasteiger partial charge is 0.264 e. The minimum Gasteiger partial charge on any atom is -0.481 e. The van der Waals surface area contributed by atoms with E-state index >= 15 is 0 Å². The Labute approximate surface area is 134 Å². The average molecular weight is 331 g/mol. The molecule has 6 nitrogen and oxygen atoms in total. The Hall–Kier alpha value is -3.29. The molecule has 0 atom stereocenters. The van der Waals surface area contributed by atoms with Gasteiger partial charge >= 0.3 is 0 Å². The highest BCUT2D eigenvalue weighted by atomic mass is 19.1. The number of carbonyl (C=O) groups excluding carboxylic acids is 1. The molecule has 1 aromatic heterocycles. The molecule has 2 N–H and O–H groups in total. The van der Waals surface area contributed by atoms with Gasteiger partial charge in [-0.2, -0.15) is 4.98 Å². The minimum absolute atomic E-state index is 0.0956. The van der Waals surface area contributed by atoms with Crippen LogP contribution in [-0.4, -0.2) is 16.0 Å². The predicted molar refractivity (Wildman–Crippen MR) is 78.9 cm³/mol. The van der Waals surface area contributed by atoms with Crippen molar-refractivity contribution in [3.63, 3.8) is 0 Å². The first-order valence-electron chi connectivity index (χ1n) is 6.85. The van der Waals surface area contributed by atoms with Gasteiger partial charge in [0, 0.05) is 5.56 Å². The lowest BCUT2D eigenvalue weighted by molar-refractivity contribution is 0.0991. The van der Waals surface area contributed by atoms with Gasteiger partial charge in [0.15, 0.2) is 18.2 Å². The van der Waals surface area contributed by atoms with E-state index in [1.165, 1.54) is 0 Å². The third kappa shape index (κ3) is 3.07. The highest BCUT2D eigenvalue weighted by Crippen LogP contribution is 2.24. The monoisotopic (exact) mass is 331 g/mol. The number of carbonyl (C=O) groups is 1. The third-order valence-electron chi connectivity index (χ3n) is 3.15. The molecule has 0 saturated carbocycles. The SMILES string of the molecule is NC(=O)c1c(F)ccc(OCc2nc(-c3ccccc3)no2)c1F. The van der Waals surface area contributed by atoms with Crippen molar-refractivity contribution < 1.29 is 22.8 Å². The molecule has 0 fully saturated rings. The molecule has 1 heterocycles. The highest BCUT2D eigenvalue weighted by molar-refractivity contribution is 5.93. The van der Waals surface area contributed by atoms with Crippen LogP contribution in [0.3, 0.4) is 0 Å². The number of rotatable bonds is 5. The van der Waals surface area contributed by atoms with Gasteiger partial charge in [0.05, 0.1) is 0 Å². The fourth-order valence-electron chi connectivity index (χ4n) is 2.03. The minimum atomic E-state index is -1.22. The molecule has 0 unspecified atom stereocenters. The van der Waals surface area contributed by atoms with Crippen molar-refractivity contribution >= 4 is 5.91 Å². The van der Waals surface area contributed by atoms with E-state index in [-0.39, 0.29) is 18.2 Å². The number of aromatic nitrogens is 2. The molecule has 0 aliphatic rings. The molecule has 8 heteroatoms. The van der Waals surface area contributed by atoms with Gasteiger partial charge in [-0.25, -0.2) is 8.78 Å². The van der Waals surface area contributed by atoms with Crippen LogP contribution in [-0.2, 0) is 6.61 Å². The van der Waals surface area contributed by atoms with Crippen molar-refractivity contribution in [2.24, 2.45) is 5.73 Å². The summed E-state index contributed by atoms with van der Waals surface area (Å²) in [5, 5.41) is 3.79. The lowest BCUT2D eigenvalue weighted by Gasteiger charge is -2.07. The van der Waals surface area contributed by atoms with Crippen molar-refractivity contribution in [3.05, 3.63) is 65.6 Å². The molecule has 122 valence electrons. The number of amides is 1. The number of hydrogen-bond acceptors (Lipinski definition) is 5. The number of hydrogen-bond donors (Lipinski definition) is 1. The molecule has 1 amide bonds. The van der Waals surface area contributed by atoms with Crippen molar-refractivity contribution in [1.29, 1.82) is 0 Å². The fourth-order valence-corrected chi connectivity index (χ4v) is 2.03. The Balaban J connectivity index is 1.76. The molecule has 0 bridgehead atoms. The number of primary amides is 1. The van der Waals surface area contributed by atoms with Crippen molar-refractivity contribution in [2.75, 3.05) is 0 Å². The summed E-state index contributed by atoms with van der Waals surface area (Å²) in [6.07, 6.45) is 0. The number of nitrogens with two attached hydrogens (primary N) is 1. The van der Waals surface area contributed by atoms with Crippen molar-refractivity contribution in [3.8, 4) is 17.1 Å². The maximum absolute atomic E-state index is 14.0. The van der Waals surface area contributed by atoms with E-state index < -0.39 is 23.1 Å². The topological polar surface area (TPSA) is 91.2 Å². The van der Waals surface area contributed by atoms with Gasteiger partial charge in [0.1, 0.15) is 11.4 Å². The molecule has 0 aliphatic carbocycles. The Kier molecular flexibility index (Phi) is 4.19. The Morgan fingerprint density at radius 3 is 2.62 bits per heavy atom. The number of ether oxygens (including phenoxy) is 1. The molecule has 0 saturated heterocycles. The first-order valence-corrected chi connectivity index (χ1v) is 6.85. The van der Waals surface area contributed by atoms with E-state index in [1.807, 2.05) is 18.2 Å². The Morgan fingerprint density at radius 2 is 1.92 bits per heavy atom. The van der Waals surface area contributed by atoms with Crippen LogP contribution in [0.25, 0.3) is 11.4 Å². The van der Waals surface area contributed by atoms with Gasteiger partial charge < -0.3 is 15.0 Å². The second-order valence-corrected chi connectivity index (χ2v) is 4.77. The zero-order valence-corrected chi connectivity index (χ0v) is 12.2. The molecular formula is C16H11F2N3O3. The lowest BCUT2D eigenvalue weighted by atomic mass is 10.1. The third-order valence-corrected chi connectivity index (χ3v) is 3.15. The maximum Gasteiger partial charge on any atom is 0.264 e. The molecule has 0 radical (unpaired) electrons. The summed E-state index contributed by atoms with van der Waals surface area (Å²) in [5.74, 6) is -3.35. The Morgan fingerprint density at radius 1 is 1.17 bits per heavy atom. The van der Waals surface area contributed by atoms with E-state index in [0.29, 0.717) is 5.82 Å². The summed E-state index contributed by atoms with van der Waals surface area (Å²) in [5.41, 5.74) is 4.83. The van der Waals surface area contributed by atoms with Crippen molar-refractivity contribution in [1.82, 2.24) is 10.1 Å². The first kappa shape index (κ1) is 15.6. The molecule has 3 aromatic rings. The van der Waals surface area contributed by atoms with Crippen LogP contribution in [0, 0.1) is 11.6 Å². The quantitative estimate of drug-likeness (QED) is 0.776. The summed E-state index contributed by atoms with van der Waals surface area (Å²) in [6.45, 7) is -0.249. The zero-order chi connectivity index (χ0) is 17.1. The van der Waals surface area contributed by atoms with Gasteiger partial charge in [-0.05, 0) is 12.1 Å². The zero-order valence-electron chi connectivity index (χ0n) is 12.2. The van der Waals surface area contributed by atoms with E-state index in [9.17, 15) is 13.6 Å². The molecule has 0 spiro atoms. The fraction of sp³-hybridized carbons (Fsp3) is 0.0625. The Bertz CT molecular complexity index is 882. The standard InChI is InChI=1S/C16H11F2N3O3/c17-10-6-7-11(14(18)13(10)15(19)22)23-8-12-20-16(21-24-12)9-4-2-1-3-5-9/h1-7H,8H2,(H2,19,22). The number of nitrogens with zero attached hydrogens (tertiary/aromatic N) is 2. The predicted octanol–water partition coefficient (Wildman–Crippen LogP) is 2.69.